The van der Waals surface area contributed by atoms with Gasteiger partial charge < -0.3 is 14.6 Å². The molecule has 0 aliphatic heterocycles. The number of hydrogen-bond donors (Lipinski definition) is 2. The molecule has 0 aliphatic rings. The van der Waals surface area contributed by atoms with E-state index < -0.39 is 18.1 Å². The Morgan fingerprint density at radius 3 is 1.87 bits per heavy atom. The molecule has 5 nitrogen and oxygen atoms in total. The summed E-state index contributed by atoms with van der Waals surface area (Å²) in [7, 11) is 1.58. The van der Waals surface area contributed by atoms with Gasteiger partial charge >= 0.3 is 5.97 Å². The van der Waals surface area contributed by atoms with Gasteiger partial charge in [-0.05, 0) is 35.7 Å². The number of aliphatic hydroxyl groups is 1. The number of carbonyl (C=O) groups excluding carboxylic acids is 1. The van der Waals surface area contributed by atoms with E-state index in [9.17, 15) is 9.90 Å². The second-order valence-electron chi connectivity index (χ2n) is 6.87. The second kappa shape index (κ2) is 10.6. The monoisotopic (exact) mass is 405 g/mol. The van der Waals surface area contributed by atoms with Crippen LogP contribution in [0.15, 0.2) is 84.9 Å². The van der Waals surface area contributed by atoms with E-state index in [1.807, 2.05) is 60.7 Å². The number of aliphatic hydroxyl groups excluding tert-OH is 1. The molecule has 0 bridgehead atoms. The van der Waals surface area contributed by atoms with Gasteiger partial charge in [0.1, 0.15) is 17.9 Å². The molecule has 0 saturated carbocycles. The molecule has 0 aromatic heterocycles. The summed E-state index contributed by atoms with van der Waals surface area (Å²) >= 11 is 0. The molecule has 3 aromatic rings. The molecule has 0 heterocycles. The third-order valence-corrected chi connectivity index (χ3v) is 4.93. The van der Waals surface area contributed by atoms with E-state index in [-0.39, 0.29) is 12.6 Å². The van der Waals surface area contributed by atoms with Gasteiger partial charge in [-0.15, -0.1) is 0 Å². The van der Waals surface area contributed by atoms with Gasteiger partial charge in [-0.2, -0.15) is 0 Å². The molecule has 0 spiro atoms. The van der Waals surface area contributed by atoms with Crippen LogP contribution in [0.1, 0.15) is 35.8 Å². The molecule has 0 radical (unpaired) electrons. The van der Waals surface area contributed by atoms with Crippen LogP contribution in [0, 0.1) is 0 Å². The van der Waals surface area contributed by atoms with Crippen molar-refractivity contribution in [3.8, 4) is 5.75 Å². The van der Waals surface area contributed by atoms with E-state index in [1.165, 1.54) is 0 Å². The van der Waals surface area contributed by atoms with Gasteiger partial charge in [0.15, 0.2) is 0 Å². The summed E-state index contributed by atoms with van der Waals surface area (Å²) in [6.45, 7) is 1.98. The Hall–Kier alpha value is -3.15. The first kappa shape index (κ1) is 21.6. The minimum absolute atomic E-state index is 0.230. The van der Waals surface area contributed by atoms with Gasteiger partial charge in [-0.3, -0.25) is 10.1 Å². The van der Waals surface area contributed by atoms with Gasteiger partial charge in [0.2, 0.25) is 0 Å². The van der Waals surface area contributed by atoms with E-state index in [0.29, 0.717) is 11.3 Å². The van der Waals surface area contributed by atoms with Crippen LogP contribution in [0.25, 0.3) is 0 Å². The third-order valence-electron chi connectivity index (χ3n) is 4.93. The van der Waals surface area contributed by atoms with E-state index in [1.54, 1.807) is 38.3 Å². The number of esters is 1. The van der Waals surface area contributed by atoms with Crippen LogP contribution in [-0.4, -0.2) is 30.8 Å². The summed E-state index contributed by atoms with van der Waals surface area (Å²) in [4.78, 5) is 12.8. The fourth-order valence-corrected chi connectivity index (χ4v) is 3.37. The molecule has 0 fully saturated rings. The predicted octanol–water partition coefficient (Wildman–Crippen LogP) is 4.04. The van der Waals surface area contributed by atoms with Crippen molar-refractivity contribution >= 4 is 5.97 Å². The second-order valence-corrected chi connectivity index (χ2v) is 6.87. The summed E-state index contributed by atoms with van der Waals surface area (Å²) in [5, 5.41) is 14.4. The van der Waals surface area contributed by atoms with Gasteiger partial charge in [-0.25, -0.2) is 0 Å². The number of methoxy groups -OCH3 is 1. The fourth-order valence-electron chi connectivity index (χ4n) is 3.37. The Bertz CT molecular complexity index is 873. The minimum Gasteiger partial charge on any atom is -0.497 e. The van der Waals surface area contributed by atoms with E-state index in [0.717, 1.165) is 11.1 Å². The number of carbonyl (C=O) groups is 1. The highest BCUT2D eigenvalue weighted by molar-refractivity contribution is 5.77. The summed E-state index contributed by atoms with van der Waals surface area (Å²) < 4.78 is 10.5. The molecule has 30 heavy (non-hydrogen) atoms. The highest BCUT2D eigenvalue weighted by Crippen LogP contribution is 2.27. The van der Waals surface area contributed by atoms with Crippen LogP contribution in [0.3, 0.4) is 0 Å². The van der Waals surface area contributed by atoms with E-state index in [2.05, 4.69) is 5.32 Å². The highest BCUT2D eigenvalue weighted by Gasteiger charge is 2.32. The Morgan fingerprint density at radius 2 is 1.40 bits per heavy atom. The van der Waals surface area contributed by atoms with Crippen molar-refractivity contribution in [3.05, 3.63) is 102 Å². The van der Waals surface area contributed by atoms with Gasteiger partial charge in [0, 0.05) is 0 Å². The SMILES string of the molecule is CCOC(=O)[C@H](NC(c1ccccc1)c1ccccc1)[C@@H](O)c1ccc(OC)cc1. The highest BCUT2D eigenvalue weighted by atomic mass is 16.5. The van der Waals surface area contributed by atoms with Crippen LogP contribution >= 0.6 is 0 Å². The predicted molar refractivity (Wildman–Crippen MR) is 116 cm³/mol. The molecule has 0 aliphatic carbocycles. The average molecular weight is 405 g/mol. The summed E-state index contributed by atoms with van der Waals surface area (Å²) in [6, 6.07) is 25.4. The Kier molecular flexibility index (Phi) is 7.60. The lowest BCUT2D eigenvalue weighted by Gasteiger charge is -2.29. The van der Waals surface area contributed by atoms with E-state index >= 15 is 0 Å². The summed E-state index contributed by atoms with van der Waals surface area (Å²) in [5.41, 5.74) is 2.57. The zero-order valence-corrected chi connectivity index (χ0v) is 17.2. The molecule has 5 heteroatoms. The first-order valence-electron chi connectivity index (χ1n) is 9.98. The van der Waals surface area contributed by atoms with E-state index in [4.69, 9.17) is 9.47 Å². The molecular formula is C25H27NO4. The molecule has 3 rings (SSSR count). The maximum Gasteiger partial charge on any atom is 0.326 e. The standard InChI is InChI=1S/C25H27NO4/c1-3-30-25(28)23(24(27)20-14-16-21(29-2)17-15-20)26-22(18-10-6-4-7-11-18)19-12-8-5-9-13-19/h4-17,22-24,26-27H,3H2,1-2H3/t23-,24+/m1/s1. The van der Waals surface area contributed by atoms with Gasteiger partial charge in [0.05, 0.1) is 19.8 Å². The summed E-state index contributed by atoms with van der Waals surface area (Å²) in [5.74, 6) is 0.177. The first-order valence-corrected chi connectivity index (χ1v) is 9.98. The minimum atomic E-state index is -1.09. The maximum atomic E-state index is 12.8. The van der Waals surface area contributed by atoms with Crippen LogP contribution in [0.4, 0.5) is 0 Å². The normalized spacial score (nSPS) is 12.9. The van der Waals surface area contributed by atoms with Crippen molar-refractivity contribution in [2.75, 3.05) is 13.7 Å². The fraction of sp³-hybridized carbons (Fsp3) is 0.240. The molecule has 2 N–H and O–H groups in total. The zero-order valence-electron chi connectivity index (χ0n) is 17.2. The lowest BCUT2D eigenvalue weighted by atomic mass is 9.95. The average Bonchev–Trinajstić information content (AvgIpc) is 2.80. The number of hydrogen-bond acceptors (Lipinski definition) is 5. The zero-order chi connectivity index (χ0) is 21.3. The molecule has 3 aromatic carbocycles. The van der Waals surface area contributed by atoms with Crippen molar-refractivity contribution in [2.45, 2.75) is 25.1 Å². The number of benzene rings is 3. The van der Waals surface area contributed by atoms with Crippen molar-refractivity contribution in [2.24, 2.45) is 0 Å². The Morgan fingerprint density at radius 1 is 0.867 bits per heavy atom. The topological polar surface area (TPSA) is 67.8 Å². The Labute approximate surface area is 177 Å². The van der Waals surface area contributed by atoms with Crippen molar-refractivity contribution in [1.82, 2.24) is 5.32 Å². The Balaban J connectivity index is 1.95. The summed E-state index contributed by atoms with van der Waals surface area (Å²) in [6.07, 6.45) is -1.09. The van der Waals surface area contributed by atoms with Crippen molar-refractivity contribution in [3.63, 3.8) is 0 Å². The van der Waals surface area contributed by atoms with Crippen LogP contribution in [0.2, 0.25) is 0 Å². The number of nitrogens with one attached hydrogen (secondary N) is 1. The number of ether oxygens (including phenoxy) is 2. The lowest BCUT2D eigenvalue weighted by Crippen LogP contribution is -2.45. The van der Waals surface area contributed by atoms with Gasteiger partial charge in [0.25, 0.3) is 0 Å². The van der Waals surface area contributed by atoms with Crippen molar-refractivity contribution in [1.29, 1.82) is 0 Å². The van der Waals surface area contributed by atoms with Crippen LogP contribution < -0.4 is 10.1 Å². The molecule has 0 amide bonds. The lowest BCUT2D eigenvalue weighted by molar-refractivity contribution is -0.149. The van der Waals surface area contributed by atoms with Crippen LogP contribution in [0.5, 0.6) is 5.75 Å². The molecule has 2 atom stereocenters. The number of rotatable bonds is 9. The quantitative estimate of drug-likeness (QED) is 0.526. The maximum absolute atomic E-state index is 12.8. The third kappa shape index (κ3) is 5.26. The molecule has 156 valence electrons. The first-order chi connectivity index (χ1) is 14.6. The molecular weight excluding hydrogens is 378 g/mol. The van der Waals surface area contributed by atoms with Crippen molar-refractivity contribution < 1.29 is 19.4 Å². The molecule has 0 unspecified atom stereocenters. The molecule has 0 saturated heterocycles. The van der Waals surface area contributed by atoms with Gasteiger partial charge in [-0.1, -0.05) is 72.8 Å². The largest absolute Gasteiger partial charge is 0.497 e. The van der Waals surface area contributed by atoms with Crippen LogP contribution in [-0.2, 0) is 9.53 Å². The smallest absolute Gasteiger partial charge is 0.326 e.